The van der Waals surface area contributed by atoms with E-state index in [0.717, 1.165) is 18.2 Å². The highest BCUT2D eigenvalue weighted by atomic mass is 19.4. The summed E-state index contributed by atoms with van der Waals surface area (Å²) in [5.74, 6) is -0.727. The molecule has 144 valence electrons. The Morgan fingerprint density at radius 3 is 2.57 bits per heavy atom. The third-order valence-corrected chi connectivity index (χ3v) is 4.48. The molecule has 2 heterocycles. The third-order valence-electron chi connectivity index (χ3n) is 4.48. The normalized spacial score (nSPS) is 14.8. The Morgan fingerprint density at radius 1 is 1.11 bits per heavy atom. The standard InChI is InChI=1S/C19H13F4N3O2/c20-15-6-2-4-12(8-15)18(27)26-9-13(10-26)17-24-16(25-28-17)11-3-1-5-14(7-11)19(21,22)23/h1-8,13H,9-10H2. The number of likely N-dealkylation sites (tertiary alicyclic amines) is 1. The fraction of sp³-hybridized carbons (Fsp3) is 0.211. The van der Waals surface area contributed by atoms with Crippen molar-refractivity contribution in [2.45, 2.75) is 12.1 Å². The highest BCUT2D eigenvalue weighted by molar-refractivity contribution is 5.94. The van der Waals surface area contributed by atoms with Gasteiger partial charge in [0.05, 0.1) is 11.5 Å². The van der Waals surface area contributed by atoms with Crippen LogP contribution in [-0.4, -0.2) is 34.0 Å². The summed E-state index contributed by atoms with van der Waals surface area (Å²) >= 11 is 0. The van der Waals surface area contributed by atoms with Crippen molar-refractivity contribution in [1.29, 1.82) is 0 Å². The van der Waals surface area contributed by atoms with Gasteiger partial charge in [0.25, 0.3) is 5.91 Å². The summed E-state index contributed by atoms with van der Waals surface area (Å²) in [6.45, 7) is 0.610. The van der Waals surface area contributed by atoms with E-state index in [-0.39, 0.29) is 34.7 Å². The van der Waals surface area contributed by atoms with Gasteiger partial charge < -0.3 is 9.42 Å². The highest BCUT2D eigenvalue weighted by Crippen LogP contribution is 2.33. The Morgan fingerprint density at radius 2 is 1.86 bits per heavy atom. The fourth-order valence-corrected chi connectivity index (χ4v) is 2.96. The number of carbonyl (C=O) groups is 1. The summed E-state index contributed by atoms with van der Waals surface area (Å²) in [5, 5.41) is 3.75. The molecule has 3 aromatic rings. The number of benzene rings is 2. The van der Waals surface area contributed by atoms with Gasteiger partial charge in [0, 0.05) is 24.2 Å². The van der Waals surface area contributed by atoms with E-state index in [2.05, 4.69) is 10.1 Å². The minimum Gasteiger partial charge on any atom is -0.339 e. The van der Waals surface area contributed by atoms with E-state index in [0.29, 0.717) is 13.1 Å². The highest BCUT2D eigenvalue weighted by Gasteiger charge is 2.36. The maximum Gasteiger partial charge on any atom is 0.416 e. The van der Waals surface area contributed by atoms with E-state index < -0.39 is 17.6 Å². The lowest BCUT2D eigenvalue weighted by atomic mass is 9.98. The molecule has 0 radical (unpaired) electrons. The summed E-state index contributed by atoms with van der Waals surface area (Å²) in [6.07, 6.45) is -4.46. The van der Waals surface area contributed by atoms with Crippen molar-refractivity contribution in [3.8, 4) is 11.4 Å². The smallest absolute Gasteiger partial charge is 0.339 e. The van der Waals surface area contributed by atoms with Crippen LogP contribution >= 0.6 is 0 Å². The Bertz CT molecular complexity index is 1030. The van der Waals surface area contributed by atoms with Gasteiger partial charge >= 0.3 is 6.18 Å². The van der Waals surface area contributed by atoms with Gasteiger partial charge in [-0.3, -0.25) is 4.79 Å². The molecule has 0 aliphatic carbocycles. The van der Waals surface area contributed by atoms with Crippen LogP contribution in [0.2, 0.25) is 0 Å². The zero-order chi connectivity index (χ0) is 19.9. The molecule has 0 unspecified atom stereocenters. The number of alkyl halides is 3. The second-order valence-electron chi connectivity index (χ2n) is 6.45. The van der Waals surface area contributed by atoms with E-state index in [9.17, 15) is 22.4 Å². The average molecular weight is 391 g/mol. The Balaban J connectivity index is 1.45. The number of rotatable bonds is 3. The topological polar surface area (TPSA) is 59.2 Å². The van der Waals surface area contributed by atoms with Gasteiger partial charge in [0.15, 0.2) is 0 Å². The van der Waals surface area contributed by atoms with Crippen molar-refractivity contribution >= 4 is 5.91 Å². The van der Waals surface area contributed by atoms with E-state index in [1.54, 1.807) is 0 Å². The predicted octanol–water partition coefficient (Wildman–Crippen LogP) is 4.13. The molecule has 0 N–H and O–H groups in total. The van der Waals surface area contributed by atoms with Crippen molar-refractivity contribution in [3.63, 3.8) is 0 Å². The summed E-state index contributed by atoms with van der Waals surface area (Å²) in [6, 6.07) is 10.1. The van der Waals surface area contributed by atoms with E-state index >= 15 is 0 Å². The molecule has 1 aliphatic heterocycles. The molecule has 1 aromatic heterocycles. The van der Waals surface area contributed by atoms with Crippen molar-refractivity contribution in [2.75, 3.05) is 13.1 Å². The molecule has 2 aromatic carbocycles. The summed E-state index contributed by atoms with van der Waals surface area (Å²) < 4.78 is 56.9. The van der Waals surface area contributed by atoms with Gasteiger partial charge in [-0.2, -0.15) is 18.2 Å². The second-order valence-corrected chi connectivity index (χ2v) is 6.45. The SMILES string of the molecule is O=C(c1cccc(F)c1)N1CC(c2nc(-c3cccc(C(F)(F)F)c3)no2)C1. The van der Waals surface area contributed by atoms with Crippen molar-refractivity contribution in [2.24, 2.45) is 0 Å². The molecule has 4 rings (SSSR count). The van der Waals surface area contributed by atoms with Gasteiger partial charge in [-0.05, 0) is 30.3 Å². The van der Waals surface area contributed by atoms with Crippen LogP contribution in [0.15, 0.2) is 53.1 Å². The maximum atomic E-state index is 13.2. The molecular weight excluding hydrogens is 378 g/mol. The van der Waals surface area contributed by atoms with Gasteiger partial charge in [-0.25, -0.2) is 4.39 Å². The number of carbonyl (C=O) groups excluding carboxylic acids is 1. The molecule has 28 heavy (non-hydrogen) atoms. The number of nitrogens with zero attached hydrogens (tertiary/aromatic N) is 3. The largest absolute Gasteiger partial charge is 0.416 e. The van der Waals surface area contributed by atoms with E-state index in [1.807, 2.05) is 0 Å². The third kappa shape index (κ3) is 3.47. The van der Waals surface area contributed by atoms with Crippen LogP contribution in [0.1, 0.15) is 27.7 Å². The average Bonchev–Trinajstić information content (AvgIpc) is 3.09. The zero-order valence-corrected chi connectivity index (χ0v) is 14.3. The molecular formula is C19H13F4N3O2. The number of aromatic nitrogens is 2. The summed E-state index contributed by atoms with van der Waals surface area (Å²) in [7, 11) is 0. The monoisotopic (exact) mass is 391 g/mol. The Hall–Kier alpha value is -3.23. The number of amides is 1. The lowest BCUT2D eigenvalue weighted by Crippen LogP contribution is -2.48. The molecule has 9 heteroatoms. The van der Waals surface area contributed by atoms with Crippen LogP contribution in [0.25, 0.3) is 11.4 Å². The first kappa shape index (κ1) is 18.1. The molecule has 0 spiro atoms. The lowest BCUT2D eigenvalue weighted by molar-refractivity contribution is -0.137. The number of hydrogen-bond donors (Lipinski definition) is 0. The van der Waals surface area contributed by atoms with Gasteiger partial charge in [0.1, 0.15) is 5.82 Å². The first-order valence-corrected chi connectivity index (χ1v) is 8.37. The van der Waals surface area contributed by atoms with Crippen LogP contribution in [0.4, 0.5) is 17.6 Å². The fourth-order valence-electron chi connectivity index (χ4n) is 2.96. The maximum absolute atomic E-state index is 13.2. The van der Waals surface area contributed by atoms with Crippen molar-refractivity contribution in [3.05, 3.63) is 71.4 Å². The van der Waals surface area contributed by atoms with Crippen LogP contribution in [0.5, 0.6) is 0 Å². The first-order chi connectivity index (χ1) is 13.3. The zero-order valence-electron chi connectivity index (χ0n) is 14.3. The van der Waals surface area contributed by atoms with Gasteiger partial charge in [0.2, 0.25) is 11.7 Å². The van der Waals surface area contributed by atoms with Crippen LogP contribution in [-0.2, 0) is 6.18 Å². The molecule has 1 amide bonds. The minimum atomic E-state index is -4.46. The molecule has 0 saturated carbocycles. The number of halogens is 4. The molecule has 1 saturated heterocycles. The molecule has 1 aliphatic rings. The minimum absolute atomic E-state index is 0.0519. The van der Waals surface area contributed by atoms with Gasteiger partial charge in [-0.1, -0.05) is 23.4 Å². The van der Waals surface area contributed by atoms with Crippen LogP contribution in [0.3, 0.4) is 0 Å². The van der Waals surface area contributed by atoms with Crippen molar-refractivity contribution in [1.82, 2.24) is 15.0 Å². The molecule has 0 bridgehead atoms. The van der Waals surface area contributed by atoms with Gasteiger partial charge in [-0.15, -0.1) is 0 Å². The number of hydrogen-bond acceptors (Lipinski definition) is 4. The van der Waals surface area contributed by atoms with E-state index in [1.165, 1.54) is 35.2 Å². The summed E-state index contributed by atoms with van der Waals surface area (Å²) in [5.41, 5.74) is -0.364. The summed E-state index contributed by atoms with van der Waals surface area (Å²) in [4.78, 5) is 18.0. The second kappa shape index (κ2) is 6.74. The Kier molecular flexibility index (Phi) is 4.37. The first-order valence-electron chi connectivity index (χ1n) is 8.37. The Labute approximate surface area is 156 Å². The molecule has 0 atom stereocenters. The van der Waals surface area contributed by atoms with Crippen LogP contribution in [0, 0.1) is 5.82 Å². The van der Waals surface area contributed by atoms with Crippen LogP contribution < -0.4 is 0 Å². The van der Waals surface area contributed by atoms with Crippen molar-refractivity contribution < 1.29 is 26.9 Å². The molecule has 5 nitrogen and oxygen atoms in total. The van der Waals surface area contributed by atoms with E-state index in [4.69, 9.17) is 4.52 Å². The molecule has 1 fully saturated rings. The predicted molar refractivity (Wildman–Crippen MR) is 89.8 cm³/mol. The quantitative estimate of drug-likeness (QED) is 0.630. The lowest BCUT2D eigenvalue weighted by Gasteiger charge is -2.37.